The number of para-hydroxylation sites is 2. The van der Waals surface area contributed by atoms with E-state index >= 15 is 0 Å². The van der Waals surface area contributed by atoms with Crippen molar-refractivity contribution >= 4 is 27.5 Å². The third kappa shape index (κ3) is 2.34. The average molecular weight is 355 g/mol. The predicted molar refractivity (Wildman–Crippen MR) is 108 cm³/mol. The normalized spacial score (nSPS) is 11.3. The van der Waals surface area contributed by atoms with Crippen LogP contribution in [0.15, 0.2) is 72.8 Å². The van der Waals surface area contributed by atoms with E-state index in [1.807, 2.05) is 18.2 Å². The molecular formula is C23H19N2O2+. The lowest BCUT2D eigenvalue weighted by Crippen LogP contribution is -2.24. The number of fused-ring (bicyclic) bond motifs is 5. The van der Waals surface area contributed by atoms with Gasteiger partial charge in [-0.2, -0.15) is 4.40 Å². The first-order valence-corrected chi connectivity index (χ1v) is 8.87. The fraction of sp³-hybridized carbons (Fsp3) is 0.0870. The Labute approximate surface area is 156 Å². The maximum Gasteiger partial charge on any atom is 0.293 e. The van der Waals surface area contributed by atoms with Crippen molar-refractivity contribution in [1.29, 1.82) is 0 Å². The molecule has 5 rings (SSSR count). The molecule has 27 heavy (non-hydrogen) atoms. The highest BCUT2D eigenvalue weighted by Gasteiger charge is 2.22. The van der Waals surface area contributed by atoms with Gasteiger partial charge in [-0.15, -0.1) is 0 Å². The molecular weight excluding hydrogens is 336 g/mol. The lowest BCUT2D eigenvalue weighted by Gasteiger charge is -2.11. The monoisotopic (exact) mass is 355 g/mol. The first-order chi connectivity index (χ1) is 13.3. The van der Waals surface area contributed by atoms with E-state index < -0.39 is 0 Å². The zero-order valence-electron chi connectivity index (χ0n) is 15.2. The van der Waals surface area contributed by atoms with Gasteiger partial charge in [0.25, 0.3) is 5.65 Å². The quantitative estimate of drug-likeness (QED) is 0.475. The van der Waals surface area contributed by atoms with Gasteiger partial charge in [0.05, 0.1) is 25.2 Å². The standard InChI is InChI=1S/C23H18N2O2/c1-26-16-11-12-18(22(14-16)27-2)21-13-15-7-3-4-8-17(15)23-24-19-9-5-6-10-20(19)25(21)23/h3-14H,1-2H3/p+1. The average Bonchev–Trinajstić information content (AvgIpc) is 3.12. The van der Waals surface area contributed by atoms with Gasteiger partial charge in [-0.25, -0.2) is 4.98 Å². The van der Waals surface area contributed by atoms with E-state index in [2.05, 4.69) is 64.0 Å². The molecule has 0 bridgehead atoms. The number of nitrogens with one attached hydrogen (secondary N) is 1. The molecule has 0 saturated heterocycles. The fourth-order valence-electron chi connectivity index (χ4n) is 3.77. The number of aromatic nitrogens is 2. The number of hydrogen-bond acceptors (Lipinski definition) is 2. The lowest BCUT2D eigenvalue weighted by atomic mass is 10.1. The molecule has 3 aromatic carbocycles. The Bertz CT molecular complexity index is 1300. The second kappa shape index (κ2) is 6.02. The summed E-state index contributed by atoms with van der Waals surface area (Å²) in [4.78, 5) is 3.59. The molecule has 2 heterocycles. The Morgan fingerprint density at radius 2 is 1.63 bits per heavy atom. The highest BCUT2D eigenvalue weighted by atomic mass is 16.5. The molecule has 4 heteroatoms. The van der Waals surface area contributed by atoms with Crippen molar-refractivity contribution in [3.63, 3.8) is 0 Å². The first-order valence-electron chi connectivity index (χ1n) is 8.87. The van der Waals surface area contributed by atoms with Gasteiger partial charge in [0.15, 0.2) is 11.0 Å². The molecule has 1 N–H and O–H groups in total. The van der Waals surface area contributed by atoms with Crippen LogP contribution in [0.2, 0.25) is 0 Å². The third-order valence-corrected chi connectivity index (χ3v) is 5.06. The Morgan fingerprint density at radius 1 is 0.815 bits per heavy atom. The van der Waals surface area contributed by atoms with Gasteiger partial charge < -0.3 is 9.47 Å². The SMILES string of the molecule is COc1ccc(-c2cc3ccccc3c3[nH]c4ccccc4[n+]23)c(OC)c1. The van der Waals surface area contributed by atoms with Gasteiger partial charge in [-0.3, -0.25) is 0 Å². The van der Waals surface area contributed by atoms with Crippen molar-refractivity contribution in [3.8, 4) is 22.8 Å². The molecule has 0 fully saturated rings. The number of rotatable bonds is 3. The molecule has 2 aromatic heterocycles. The summed E-state index contributed by atoms with van der Waals surface area (Å²) in [6.07, 6.45) is 0. The number of hydrogen-bond donors (Lipinski definition) is 1. The summed E-state index contributed by atoms with van der Waals surface area (Å²) < 4.78 is 13.3. The van der Waals surface area contributed by atoms with Crippen LogP contribution in [0, 0.1) is 0 Å². The molecule has 0 unspecified atom stereocenters. The molecule has 0 aliphatic carbocycles. The van der Waals surface area contributed by atoms with Crippen LogP contribution >= 0.6 is 0 Å². The van der Waals surface area contributed by atoms with Crippen molar-refractivity contribution in [2.24, 2.45) is 0 Å². The van der Waals surface area contributed by atoms with Gasteiger partial charge >= 0.3 is 0 Å². The fourth-order valence-corrected chi connectivity index (χ4v) is 3.77. The first kappa shape index (κ1) is 15.7. The number of imidazole rings is 1. The van der Waals surface area contributed by atoms with E-state index in [1.54, 1.807) is 14.2 Å². The Balaban J connectivity index is 1.96. The van der Waals surface area contributed by atoms with E-state index in [9.17, 15) is 0 Å². The molecule has 0 spiro atoms. The molecule has 4 nitrogen and oxygen atoms in total. The number of methoxy groups -OCH3 is 2. The van der Waals surface area contributed by atoms with Crippen LogP contribution in [-0.4, -0.2) is 19.2 Å². The van der Waals surface area contributed by atoms with Crippen molar-refractivity contribution in [2.75, 3.05) is 14.2 Å². The van der Waals surface area contributed by atoms with Crippen LogP contribution in [0.1, 0.15) is 0 Å². The summed E-state index contributed by atoms with van der Waals surface area (Å²) in [6, 6.07) is 24.9. The van der Waals surface area contributed by atoms with Gasteiger partial charge in [-0.05, 0) is 41.8 Å². The van der Waals surface area contributed by atoms with Crippen LogP contribution in [0.5, 0.6) is 11.5 Å². The van der Waals surface area contributed by atoms with Gasteiger partial charge in [0.1, 0.15) is 17.2 Å². The second-order valence-electron chi connectivity index (χ2n) is 6.51. The van der Waals surface area contributed by atoms with E-state index in [1.165, 1.54) is 10.8 Å². The topological polar surface area (TPSA) is 38.3 Å². The Kier molecular flexibility index (Phi) is 3.50. The number of ether oxygens (including phenoxy) is 2. The number of pyridine rings is 1. The van der Waals surface area contributed by atoms with Crippen molar-refractivity contribution < 1.29 is 13.9 Å². The van der Waals surface area contributed by atoms with Crippen molar-refractivity contribution in [1.82, 2.24) is 4.98 Å². The molecule has 5 aromatic rings. The molecule has 132 valence electrons. The zero-order valence-corrected chi connectivity index (χ0v) is 15.2. The minimum atomic E-state index is 0.775. The minimum absolute atomic E-state index is 0.775. The van der Waals surface area contributed by atoms with Crippen LogP contribution in [0.25, 0.3) is 38.7 Å². The van der Waals surface area contributed by atoms with Crippen molar-refractivity contribution in [3.05, 3.63) is 72.8 Å². The predicted octanol–water partition coefficient (Wildman–Crippen LogP) is 4.74. The molecule has 0 aliphatic rings. The summed E-state index contributed by atoms with van der Waals surface area (Å²) in [5.41, 5.74) is 5.39. The van der Waals surface area contributed by atoms with E-state index in [0.717, 1.165) is 39.4 Å². The third-order valence-electron chi connectivity index (χ3n) is 5.06. The van der Waals surface area contributed by atoms with Crippen molar-refractivity contribution in [2.45, 2.75) is 0 Å². The maximum absolute atomic E-state index is 5.69. The maximum atomic E-state index is 5.69. The minimum Gasteiger partial charge on any atom is -0.497 e. The summed E-state index contributed by atoms with van der Waals surface area (Å²) >= 11 is 0. The molecule has 0 saturated carbocycles. The van der Waals surface area contributed by atoms with Crippen LogP contribution in [0.3, 0.4) is 0 Å². The van der Waals surface area contributed by atoms with Gasteiger partial charge in [-0.1, -0.05) is 30.3 Å². The van der Waals surface area contributed by atoms with Crippen LogP contribution in [0.4, 0.5) is 0 Å². The Hall–Kier alpha value is -3.53. The molecule has 0 amide bonds. The Morgan fingerprint density at radius 3 is 2.48 bits per heavy atom. The van der Waals surface area contributed by atoms with E-state index in [0.29, 0.717) is 0 Å². The second-order valence-corrected chi connectivity index (χ2v) is 6.51. The molecule has 0 atom stereocenters. The highest BCUT2D eigenvalue weighted by Crippen LogP contribution is 2.34. The van der Waals surface area contributed by atoms with Crippen LogP contribution < -0.4 is 13.9 Å². The smallest absolute Gasteiger partial charge is 0.293 e. The molecule has 0 radical (unpaired) electrons. The molecule has 0 aliphatic heterocycles. The number of H-pyrrole nitrogens is 1. The van der Waals surface area contributed by atoms with Gasteiger partial charge in [0.2, 0.25) is 0 Å². The van der Waals surface area contributed by atoms with Crippen LogP contribution in [-0.2, 0) is 0 Å². The lowest BCUT2D eigenvalue weighted by molar-refractivity contribution is -0.467. The number of benzene rings is 3. The van der Waals surface area contributed by atoms with E-state index in [-0.39, 0.29) is 0 Å². The summed E-state index contributed by atoms with van der Waals surface area (Å²) in [5, 5.41) is 2.36. The summed E-state index contributed by atoms with van der Waals surface area (Å²) in [6.45, 7) is 0. The summed E-state index contributed by atoms with van der Waals surface area (Å²) in [7, 11) is 3.35. The number of nitrogens with zero attached hydrogens (tertiary/aromatic N) is 1. The summed E-state index contributed by atoms with van der Waals surface area (Å²) in [5.74, 6) is 1.56. The highest BCUT2D eigenvalue weighted by molar-refractivity contribution is 5.96. The largest absolute Gasteiger partial charge is 0.497 e. The van der Waals surface area contributed by atoms with E-state index in [4.69, 9.17) is 9.47 Å². The zero-order chi connectivity index (χ0) is 18.4. The number of aromatic amines is 1. The van der Waals surface area contributed by atoms with Gasteiger partial charge in [0, 0.05) is 6.07 Å².